The number of benzene rings is 2. The van der Waals surface area contributed by atoms with Crippen LogP contribution in [0.15, 0.2) is 60.7 Å². The summed E-state index contributed by atoms with van der Waals surface area (Å²) in [4.78, 5) is 20.3. The molecular formula is C30H48N2O4Zn. The van der Waals surface area contributed by atoms with Gasteiger partial charge in [0.25, 0.3) is 0 Å². The van der Waals surface area contributed by atoms with Crippen LogP contribution in [0.1, 0.15) is 90.4 Å². The molecule has 0 aliphatic carbocycles. The Morgan fingerprint density at radius 2 is 0.892 bits per heavy atom. The predicted molar refractivity (Wildman–Crippen MR) is 149 cm³/mol. The summed E-state index contributed by atoms with van der Waals surface area (Å²) in [6, 6.07) is 21.9. The van der Waals surface area contributed by atoms with Crippen LogP contribution in [0.25, 0.3) is 0 Å². The van der Waals surface area contributed by atoms with Crippen LogP contribution >= 0.6 is 0 Å². The molecule has 0 spiro atoms. The molecule has 2 aromatic rings. The number of hydrogen-bond donors (Lipinski definition) is 4. The standard InChI is InChI=1S/C18H24N2.2C6H12O2.Zn/c1-15(17-9-5-3-6-10-17)19-13-14-20-16(2)18-11-7-4-8-12-18;2*1-3-5(4-2)6(7)8;/h3-12,15-16,19-20H,13-14H2,1-2H3;2*5H,3-4H2,1-2H3,(H,7,8);/t15-,16-;;;/m1.../s1. The number of nitrogens with one attached hydrogen (secondary N) is 2. The second-order valence-electron chi connectivity index (χ2n) is 8.88. The number of carbonyl (C=O) groups is 2. The minimum absolute atomic E-state index is 0. The van der Waals surface area contributed by atoms with E-state index in [0.29, 0.717) is 12.1 Å². The Balaban J connectivity index is 0. The fraction of sp³-hybridized carbons (Fsp3) is 0.533. The van der Waals surface area contributed by atoms with Gasteiger partial charge in [-0.15, -0.1) is 0 Å². The van der Waals surface area contributed by atoms with E-state index in [0.717, 1.165) is 38.8 Å². The third-order valence-electron chi connectivity index (χ3n) is 6.29. The average Bonchev–Trinajstić information content (AvgIpc) is 2.89. The van der Waals surface area contributed by atoms with E-state index in [1.807, 2.05) is 27.7 Å². The van der Waals surface area contributed by atoms with Crippen molar-refractivity contribution in [1.82, 2.24) is 10.6 Å². The summed E-state index contributed by atoms with van der Waals surface area (Å²) in [6.07, 6.45) is 2.97. The molecule has 2 rings (SSSR count). The van der Waals surface area contributed by atoms with Gasteiger partial charge in [-0.3, -0.25) is 9.59 Å². The van der Waals surface area contributed by atoms with Crippen molar-refractivity contribution < 1.29 is 39.3 Å². The van der Waals surface area contributed by atoms with Crippen LogP contribution in [0.4, 0.5) is 0 Å². The molecule has 0 heterocycles. The zero-order chi connectivity index (χ0) is 27.3. The fourth-order valence-electron chi connectivity index (χ4n) is 3.57. The Morgan fingerprint density at radius 1 is 0.622 bits per heavy atom. The van der Waals surface area contributed by atoms with E-state index < -0.39 is 11.9 Å². The maximum absolute atomic E-state index is 10.2. The molecule has 0 amide bonds. The van der Waals surface area contributed by atoms with E-state index in [4.69, 9.17) is 10.2 Å². The molecule has 0 radical (unpaired) electrons. The first-order chi connectivity index (χ1) is 17.2. The predicted octanol–water partition coefficient (Wildman–Crippen LogP) is 6.70. The summed E-state index contributed by atoms with van der Waals surface area (Å²) in [5, 5.41) is 23.8. The fourth-order valence-corrected chi connectivity index (χ4v) is 3.57. The second kappa shape index (κ2) is 23.1. The molecule has 6 nitrogen and oxygen atoms in total. The molecule has 2 atom stereocenters. The van der Waals surface area contributed by atoms with E-state index in [1.165, 1.54) is 11.1 Å². The molecule has 0 aliphatic rings. The van der Waals surface area contributed by atoms with Gasteiger partial charge in [0.05, 0.1) is 11.8 Å². The molecule has 0 fully saturated rings. The normalized spacial score (nSPS) is 11.8. The number of carboxylic acid groups (broad SMARTS) is 2. The summed E-state index contributed by atoms with van der Waals surface area (Å²) in [5.41, 5.74) is 2.67. The van der Waals surface area contributed by atoms with E-state index in [-0.39, 0.29) is 31.3 Å². The molecular weight excluding hydrogens is 518 g/mol. The van der Waals surface area contributed by atoms with E-state index in [9.17, 15) is 9.59 Å². The molecule has 0 saturated carbocycles. The minimum Gasteiger partial charge on any atom is -0.481 e. The molecule has 0 saturated heterocycles. The summed E-state index contributed by atoms with van der Waals surface area (Å²) in [7, 11) is 0. The van der Waals surface area contributed by atoms with Gasteiger partial charge in [-0.25, -0.2) is 0 Å². The number of aliphatic carboxylic acids is 2. The molecule has 204 valence electrons. The molecule has 0 aliphatic heterocycles. The Kier molecular flexibility index (Phi) is 23.1. The molecule has 0 bridgehead atoms. The van der Waals surface area contributed by atoms with Gasteiger partial charge in [-0.1, -0.05) is 88.4 Å². The van der Waals surface area contributed by atoms with Crippen LogP contribution < -0.4 is 10.6 Å². The van der Waals surface area contributed by atoms with Crippen LogP contribution in [-0.4, -0.2) is 35.2 Å². The van der Waals surface area contributed by atoms with Crippen molar-refractivity contribution in [3.05, 3.63) is 71.8 Å². The van der Waals surface area contributed by atoms with E-state index in [2.05, 4.69) is 85.1 Å². The monoisotopic (exact) mass is 564 g/mol. The Bertz CT molecular complexity index is 743. The van der Waals surface area contributed by atoms with Crippen molar-refractivity contribution in [3.63, 3.8) is 0 Å². The van der Waals surface area contributed by atoms with Crippen LogP contribution in [0.2, 0.25) is 0 Å². The third-order valence-corrected chi connectivity index (χ3v) is 6.29. The van der Waals surface area contributed by atoms with Crippen LogP contribution in [-0.2, 0) is 29.1 Å². The molecule has 0 unspecified atom stereocenters. The van der Waals surface area contributed by atoms with E-state index >= 15 is 0 Å². The largest absolute Gasteiger partial charge is 0.481 e. The van der Waals surface area contributed by atoms with Gasteiger partial charge in [0.2, 0.25) is 0 Å². The van der Waals surface area contributed by atoms with Gasteiger partial charge in [-0.2, -0.15) is 0 Å². The number of hydrogen-bond acceptors (Lipinski definition) is 4. The Hall–Kier alpha value is -2.08. The minimum atomic E-state index is -0.671. The van der Waals surface area contributed by atoms with E-state index in [1.54, 1.807) is 0 Å². The maximum atomic E-state index is 10.2. The van der Waals surface area contributed by atoms with Gasteiger partial charge in [0.15, 0.2) is 0 Å². The van der Waals surface area contributed by atoms with Gasteiger partial charge in [0.1, 0.15) is 0 Å². The Labute approximate surface area is 237 Å². The van der Waals surface area contributed by atoms with Crippen molar-refractivity contribution >= 4 is 11.9 Å². The summed E-state index contributed by atoms with van der Waals surface area (Å²) in [5.74, 6) is -1.60. The summed E-state index contributed by atoms with van der Waals surface area (Å²) in [6.45, 7) is 13.9. The average molecular weight is 566 g/mol. The number of carboxylic acids is 2. The second-order valence-corrected chi connectivity index (χ2v) is 8.88. The van der Waals surface area contributed by atoms with Crippen LogP contribution in [0.5, 0.6) is 0 Å². The first-order valence-corrected chi connectivity index (χ1v) is 13.2. The molecule has 2 aromatic carbocycles. The first-order valence-electron chi connectivity index (χ1n) is 13.2. The third kappa shape index (κ3) is 17.1. The smallest absolute Gasteiger partial charge is 0.306 e. The maximum Gasteiger partial charge on any atom is 0.306 e. The van der Waals surface area contributed by atoms with Gasteiger partial charge in [-0.05, 0) is 50.7 Å². The number of rotatable bonds is 13. The van der Waals surface area contributed by atoms with Crippen molar-refractivity contribution in [2.75, 3.05) is 13.1 Å². The topological polar surface area (TPSA) is 98.7 Å². The van der Waals surface area contributed by atoms with Gasteiger partial charge >= 0.3 is 11.9 Å². The van der Waals surface area contributed by atoms with Gasteiger partial charge in [0, 0.05) is 44.7 Å². The molecule has 7 heteroatoms. The van der Waals surface area contributed by atoms with Gasteiger partial charge < -0.3 is 20.8 Å². The first kappa shape index (κ1) is 37.1. The van der Waals surface area contributed by atoms with Crippen molar-refractivity contribution in [1.29, 1.82) is 0 Å². The van der Waals surface area contributed by atoms with Crippen molar-refractivity contribution in [2.45, 2.75) is 79.3 Å². The SMILES string of the molecule is CCC(CC)C(=O)O.CCC(CC)C(=O)O.C[C@@H](NCCN[C@H](C)c1ccccc1)c1ccccc1.[Zn]. The zero-order valence-electron chi connectivity index (χ0n) is 23.7. The quantitative estimate of drug-likeness (QED) is 0.159. The van der Waals surface area contributed by atoms with Crippen LogP contribution in [0, 0.1) is 11.8 Å². The Morgan fingerprint density at radius 3 is 1.08 bits per heavy atom. The van der Waals surface area contributed by atoms with Crippen molar-refractivity contribution in [2.24, 2.45) is 11.8 Å². The van der Waals surface area contributed by atoms with Crippen molar-refractivity contribution in [3.8, 4) is 0 Å². The molecule has 37 heavy (non-hydrogen) atoms. The van der Waals surface area contributed by atoms with Crippen LogP contribution in [0.3, 0.4) is 0 Å². The zero-order valence-corrected chi connectivity index (χ0v) is 26.7. The summed E-state index contributed by atoms with van der Waals surface area (Å²) < 4.78 is 0. The molecule has 4 N–H and O–H groups in total. The summed E-state index contributed by atoms with van der Waals surface area (Å²) >= 11 is 0. The molecule has 0 aromatic heterocycles.